The van der Waals surface area contributed by atoms with E-state index in [1.165, 1.54) is 0 Å². The molecule has 21 heavy (non-hydrogen) atoms. The third-order valence-electron chi connectivity index (χ3n) is 3.34. The Labute approximate surface area is 132 Å². The lowest BCUT2D eigenvalue weighted by Gasteiger charge is -2.11. The number of nitrogens with zero attached hydrogens (tertiary/aromatic N) is 2. The van der Waals surface area contributed by atoms with Gasteiger partial charge in [-0.2, -0.15) is 16.9 Å². The van der Waals surface area contributed by atoms with E-state index in [-0.39, 0.29) is 5.25 Å². The van der Waals surface area contributed by atoms with Crippen LogP contribution >= 0.6 is 11.8 Å². The minimum absolute atomic E-state index is 0.242. The molecular weight excluding hydrogens is 308 g/mol. The van der Waals surface area contributed by atoms with Gasteiger partial charge in [0.15, 0.2) is 0 Å². The van der Waals surface area contributed by atoms with Crippen molar-refractivity contribution in [1.82, 2.24) is 19.8 Å². The Kier molecular flexibility index (Phi) is 7.19. The van der Waals surface area contributed by atoms with Gasteiger partial charge in [0.2, 0.25) is 10.0 Å². The number of nitrogens with one attached hydrogen (secondary N) is 2. The topological polar surface area (TPSA) is 76.0 Å². The van der Waals surface area contributed by atoms with Crippen molar-refractivity contribution in [2.45, 2.75) is 43.9 Å². The third kappa shape index (κ3) is 4.98. The Morgan fingerprint density at radius 1 is 1.38 bits per heavy atom. The first-order valence-corrected chi connectivity index (χ1v) is 9.81. The van der Waals surface area contributed by atoms with Crippen LogP contribution in [0.3, 0.4) is 0 Å². The van der Waals surface area contributed by atoms with Gasteiger partial charge in [-0.05, 0) is 40.1 Å². The number of sulfonamides is 1. The zero-order chi connectivity index (χ0) is 16.0. The first kappa shape index (κ1) is 18.5. The lowest BCUT2D eigenvalue weighted by Crippen LogP contribution is -2.30. The molecule has 1 unspecified atom stereocenters. The molecule has 1 aromatic heterocycles. The van der Waals surface area contributed by atoms with Crippen LogP contribution in [0.2, 0.25) is 0 Å². The van der Waals surface area contributed by atoms with Crippen LogP contribution in [0.15, 0.2) is 4.90 Å². The SMILES string of the molecule is CNCCCn1nc(C)c(S(=O)(=O)NCC(C)SC)c1C. The van der Waals surface area contributed by atoms with Crippen LogP contribution in [0.1, 0.15) is 24.7 Å². The highest BCUT2D eigenvalue weighted by atomic mass is 32.2. The van der Waals surface area contributed by atoms with Crippen molar-refractivity contribution in [3.63, 3.8) is 0 Å². The minimum Gasteiger partial charge on any atom is -0.320 e. The Hall–Kier alpha value is -0.570. The van der Waals surface area contributed by atoms with Gasteiger partial charge in [-0.3, -0.25) is 4.68 Å². The summed E-state index contributed by atoms with van der Waals surface area (Å²) < 4.78 is 29.4. The van der Waals surface area contributed by atoms with E-state index in [0.717, 1.165) is 13.0 Å². The van der Waals surface area contributed by atoms with Crippen LogP contribution < -0.4 is 10.0 Å². The molecule has 1 rings (SSSR count). The van der Waals surface area contributed by atoms with Crippen molar-refractivity contribution in [3.05, 3.63) is 11.4 Å². The summed E-state index contributed by atoms with van der Waals surface area (Å²) in [6.07, 6.45) is 2.88. The van der Waals surface area contributed by atoms with Gasteiger partial charge in [0, 0.05) is 18.3 Å². The van der Waals surface area contributed by atoms with Crippen molar-refractivity contribution < 1.29 is 8.42 Å². The molecule has 0 aliphatic carbocycles. The molecule has 8 heteroatoms. The molecule has 0 amide bonds. The fraction of sp³-hybridized carbons (Fsp3) is 0.769. The number of aryl methyl sites for hydroxylation is 2. The molecule has 1 atom stereocenters. The second kappa shape index (κ2) is 8.17. The molecule has 122 valence electrons. The Balaban J connectivity index is 2.91. The molecule has 0 fully saturated rings. The highest BCUT2D eigenvalue weighted by Crippen LogP contribution is 2.19. The summed E-state index contributed by atoms with van der Waals surface area (Å²) in [7, 11) is -1.60. The average Bonchev–Trinajstić information content (AvgIpc) is 2.72. The average molecular weight is 335 g/mol. The lowest BCUT2D eigenvalue weighted by atomic mass is 10.4. The summed E-state index contributed by atoms with van der Waals surface area (Å²) in [5.41, 5.74) is 1.26. The molecule has 0 bridgehead atoms. The van der Waals surface area contributed by atoms with E-state index in [2.05, 4.69) is 15.1 Å². The van der Waals surface area contributed by atoms with Gasteiger partial charge in [-0.25, -0.2) is 13.1 Å². The normalized spacial score (nSPS) is 13.6. The molecule has 6 nitrogen and oxygen atoms in total. The van der Waals surface area contributed by atoms with Gasteiger partial charge in [0.25, 0.3) is 0 Å². The molecule has 0 spiro atoms. The molecule has 0 aliphatic rings. The number of thioether (sulfide) groups is 1. The second-order valence-electron chi connectivity index (χ2n) is 5.08. The van der Waals surface area contributed by atoms with Gasteiger partial charge in [0.05, 0.1) is 11.4 Å². The number of aromatic nitrogens is 2. The molecule has 0 saturated carbocycles. The summed E-state index contributed by atoms with van der Waals surface area (Å²) in [6.45, 7) is 7.57. The highest BCUT2D eigenvalue weighted by Gasteiger charge is 2.24. The fourth-order valence-electron chi connectivity index (χ4n) is 2.08. The van der Waals surface area contributed by atoms with Crippen LogP contribution in [0.25, 0.3) is 0 Å². The predicted octanol–water partition coefficient (Wildman–Crippen LogP) is 1.14. The van der Waals surface area contributed by atoms with E-state index in [9.17, 15) is 8.42 Å². The molecular formula is C13H26N4O2S2. The largest absolute Gasteiger partial charge is 0.320 e. The van der Waals surface area contributed by atoms with Gasteiger partial charge in [-0.15, -0.1) is 0 Å². The maximum absolute atomic E-state index is 12.5. The molecule has 0 aromatic carbocycles. The van der Waals surface area contributed by atoms with Crippen LogP contribution in [-0.4, -0.2) is 49.8 Å². The molecule has 1 heterocycles. The number of rotatable bonds is 9. The maximum Gasteiger partial charge on any atom is 0.244 e. The van der Waals surface area contributed by atoms with E-state index < -0.39 is 10.0 Å². The Bertz CT molecular complexity index is 555. The van der Waals surface area contributed by atoms with Gasteiger partial charge < -0.3 is 5.32 Å². The zero-order valence-corrected chi connectivity index (χ0v) is 15.1. The summed E-state index contributed by atoms with van der Waals surface area (Å²) in [5, 5.41) is 7.68. The van der Waals surface area contributed by atoms with E-state index in [1.54, 1.807) is 23.4 Å². The summed E-state index contributed by atoms with van der Waals surface area (Å²) in [6, 6.07) is 0. The Morgan fingerprint density at radius 3 is 2.62 bits per heavy atom. The van der Waals surface area contributed by atoms with E-state index in [4.69, 9.17) is 0 Å². The number of hydrogen-bond acceptors (Lipinski definition) is 5. The van der Waals surface area contributed by atoms with Crippen LogP contribution in [0.5, 0.6) is 0 Å². The van der Waals surface area contributed by atoms with Gasteiger partial charge >= 0.3 is 0 Å². The van der Waals surface area contributed by atoms with Crippen LogP contribution in [-0.2, 0) is 16.6 Å². The predicted molar refractivity (Wildman–Crippen MR) is 88.4 cm³/mol. The minimum atomic E-state index is -3.50. The molecule has 0 aliphatic heterocycles. The van der Waals surface area contributed by atoms with Crippen LogP contribution in [0.4, 0.5) is 0 Å². The van der Waals surface area contributed by atoms with Crippen molar-refractivity contribution in [2.75, 3.05) is 26.4 Å². The van der Waals surface area contributed by atoms with Crippen molar-refractivity contribution in [2.24, 2.45) is 0 Å². The standard InChI is InChI=1S/C13H26N4O2S2/c1-10(20-5)9-15-21(18,19)13-11(2)16-17(12(13)3)8-6-7-14-4/h10,14-15H,6-9H2,1-5H3. The molecule has 1 aromatic rings. The summed E-state index contributed by atoms with van der Waals surface area (Å²) >= 11 is 1.63. The summed E-state index contributed by atoms with van der Waals surface area (Å²) in [5.74, 6) is 0. The lowest BCUT2D eigenvalue weighted by molar-refractivity contribution is 0.546. The fourth-order valence-corrected chi connectivity index (χ4v) is 3.97. The molecule has 0 radical (unpaired) electrons. The quantitative estimate of drug-likeness (QED) is 0.662. The number of hydrogen-bond donors (Lipinski definition) is 2. The van der Waals surface area contributed by atoms with E-state index >= 15 is 0 Å². The first-order valence-electron chi connectivity index (χ1n) is 7.04. The maximum atomic E-state index is 12.5. The third-order valence-corrected chi connectivity index (χ3v) is 5.99. The van der Waals surface area contributed by atoms with Crippen molar-refractivity contribution in [1.29, 1.82) is 0 Å². The second-order valence-corrected chi connectivity index (χ2v) is 8.06. The Morgan fingerprint density at radius 2 is 2.05 bits per heavy atom. The van der Waals surface area contributed by atoms with E-state index in [0.29, 0.717) is 29.4 Å². The van der Waals surface area contributed by atoms with Gasteiger partial charge in [-0.1, -0.05) is 6.92 Å². The molecule has 0 saturated heterocycles. The monoisotopic (exact) mass is 334 g/mol. The van der Waals surface area contributed by atoms with Crippen molar-refractivity contribution in [3.8, 4) is 0 Å². The highest BCUT2D eigenvalue weighted by molar-refractivity contribution is 7.99. The smallest absolute Gasteiger partial charge is 0.244 e. The molecule has 2 N–H and O–H groups in total. The zero-order valence-electron chi connectivity index (χ0n) is 13.4. The summed E-state index contributed by atoms with van der Waals surface area (Å²) in [4.78, 5) is 0.320. The van der Waals surface area contributed by atoms with Crippen LogP contribution in [0, 0.1) is 13.8 Å². The van der Waals surface area contributed by atoms with Gasteiger partial charge in [0.1, 0.15) is 4.90 Å². The first-order chi connectivity index (χ1) is 9.83. The van der Waals surface area contributed by atoms with Crippen molar-refractivity contribution >= 4 is 21.8 Å². The van der Waals surface area contributed by atoms with E-state index in [1.807, 2.05) is 27.2 Å².